The van der Waals surface area contributed by atoms with Gasteiger partial charge < -0.3 is 4.90 Å². The Labute approximate surface area is 132 Å². The lowest BCUT2D eigenvalue weighted by Gasteiger charge is -2.23. The first kappa shape index (κ1) is 15.5. The minimum absolute atomic E-state index is 0.0000490. The van der Waals surface area contributed by atoms with Crippen LogP contribution < -0.4 is 4.90 Å². The lowest BCUT2D eigenvalue weighted by molar-refractivity contribution is -0.116. The summed E-state index contributed by atoms with van der Waals surface area (Å²) in [5, 5.41) is 0. The SMILES string of the molecule is CCC1CCCN1S(=O)(=O)c1ccc2c(c1)CCN2C(C)=O. The van der Waals surface area contributed by atoms with Crippen LogP contribution in [0.3, 0.4) is 0 Å². The number of benzene rings is 1. The van der Waals surface area contributed by atoms with Crippen molar-refractivity contribution in [2.75, 3.05) is 18.0 Å². The average molecular weight is 322 g/mol. The second-order valence-electron chi connectivity index (χ2n) is 6.03. The number of hydrogen-bond donors (Lipinski definition) is 0. The molecular formula is C16H22N2O3S. The van der Waals surface area contributed by atoms with E-state index in [0.717, 1.165) is 36.9 Å². The quantitative estimate of drug-likeness (QED) is 0.857. The summed E-state index contributed by atoms with van der Waals surface area (Å²) in [5.41, 5.74) is 1.79. The van der Waals surface area contributed by atoms with E-state index in [1.165, 1.54) is 6.92 Å². The molecule has 0 spiro atoms. The standard InChI is InChI=1S/C16H22N2O3S/c1-3-14-5-4-9-18(14)22(20,21)15-6-7-16-13(11-15)8-10-17(16)12(2)19/h6-7,11,14H,3-5,8-10H2,1-2H3. The second kappa shape index (κ2) is 5.66. The summed E-state index contributed by atoms with van der Waals surface area (Å²) >= 11 is 0. The van der Waals surface area contributed by atoms with Gasteiger partial charge in [-0.2, -0.15) is 4.31 Å². The molecule has 0 N–H and O–H groups in total. The molecule has 1 aromatic carbocycles. The molecule has 0 bridgehead atoms. The van der Waals surface area contributed by atoms with Crippen LogP contribution in [0.5, 0.6) is 0 Å². The third-order valence-corrected chi connectivity index (χ3v) is 6.68. The number of hydrogen-bond acceptors (Lipinski definition) is 3. The van der Waals surface area contributed by atoms with Gasteiger partial charge in [0.25, 0.3) is 0 Å². The van der Waals surface area contributed by atoms with E-state index in [-0.39, 0.29) is 11.9 Å². The molecule has 3 rings (SSSR count). The highest BCUT2D eigenvalue weighted by atomic mass is 32.2. The van der Waals surface area contributed by atoms with Gasteiger partial charge in [0.1, 0.15) is 0 Å². The highest BCUT2D eigenvalue weighted by Crippen LogP contribution is 2.33. The van der Waals surface area contributed by atoms with Crippen LogP contribution in [0.25, 0.3) is 0 Å². The summed E-state index contributed by atoms with van der Waals surface area (Å²) < 4.78 is 27.4. The predicted molar refractivity (Wildman–Crippen MR) is 85.4 cm³/mol. The molecule has 1 fully saturated rings. The molecule has 22 heavy (non-hydrogen) atoms. The number of amides is 1. The van der Waals surface area contributed by atoms with Gasteiger partial charge in [-0.1, -0.05) is 6.92 Å². The minimum atomic E-state index is -3.43. The Bertz CT molecular complexity index is 699. The molecule has 0 saturated carbocycles. The molecule has 5 nitrogen and oxygen atoms in total. The average Bonchev–Trinajstić information content (AvgIpc) is 3.13. The Kier molecular flexibility index (Phi) is 3.99. The molecule has 1 atom stereocenters. The van der Waals surface area contributed by atoms with Gasteiger partial charge in [-0.15, -0.1) is 0 Å². The molecule has 1 saturated heterocycles. The summed E-state index contributed by atoms with van der Waals surface area (Å²) in [6, 6.07) is 5.28. The number of nitrogens with zero attached hydrogens (tertiary/aromatic N) is 2. The Balaban J connectivity index is 1.95. The lowest BCUT2D eigenvalue weighted by atomic mass is 10.2. The van der Waals surface area contributed by atoms with E-state index < -0.39 is 10.0 Å². The van der Waals surface area contributed by atoms with E-state index in [4.69, 9.17) is 0 Å². The first-order valence-electron chi connectivity index (χ1n) is 7.88. The van der Waals surface area contributed by atoms with Crippen LogP contribution in [0.4, 0.5) is 5.69 Å². The number of carbonyl (C=O) groups excluding carboxylic acids is 1. The molecule has 0 radical (unpaired) electrons. The summed E-state index contributed by atoms with van der Waals surface area (Å²) in [7, 11) is -3.43. The molecule has 120 valence electrons. The van der Waals surface area contributed by atoms with Crippen molar-refractivity contribution in [1.29, 1.82) is 0 Å². The molecule has 0 aromatic heterocycles. The molecule has 1 aromatic rings. The fourth-order valence-corrected chi connectivity index (χ4v) is 5.35. The minimum Gasteiger partial charge on any atom is -0.312 e. The second-order valence-corrected chi connectivity index (χ2v) is 7.92. The van der Waals surface area contributed by atoms with Crippen molar-refractivity contribution in [2.24, 2.45) is 0 Å². The van der Waals surface area contributed by atoms with Crippen molar-refractivity contribution in [1.82, 2.24) is 4.31 Å². The largest absolute Gasteiger partial charge is 0.312 e. The third-order valence-electron chi connectivity index (χ3n) is 4.73. The Morgan fingerprint density at radius 3 is 2.77 bits per heavy atom. The fourth-order valence-electron chi connectivity index (χ4n) is 3.53. The maximum absolute atomic E-state index is 12.9. The molecular weight excluding hydrogens is 300 g/mol. The molecule has 0 aliphatic carbocycles. The van der Waals surface area contributed by atoms with Gasteiger partial charge in [0, 0.05) is 31.7 Å². The number of fused-ring (bicyclic) bond motifs is 1. The van der Waals surface area contributed by atoms with Crippen molar-refractivity contribution < 1.29 is 13.2 Å². The van der Waals surface area contributed by atoms with Gasteiger partial charge in [-0.3, -0.25) is 4.79 Å². The van der Waals surface area contributed by atoms with Crippen LogP contribution in [-0.2, 0) is 21.2 Å². The van der Waals surface area contributed by atoms with E-state index in [9.17, 15) is 13.2 Å². The first-order chi connectivity index (χ1) is 10.4. The zero-order chi connectivity index (χ0) is 15.9. The van der Waals surface area contributed by atoms with Crippen molar-refractivity contribution in [3.05, 3.63) is 23.8 Å². The maximum atomic E-state index is 12.9. The maximum Gasteiger partial charge on any atom is 0.243 e. The third kappa shape index (κ3) is 2.44. The number of carbonyl (C=O) groups is 1. The number of anilines is 1. The lowest BCUT2D eigenvalue weighted by Crippen LogP contribution is -2.35. The van der Waals surface area contributed by atoms with Crippen LogP contribution in [0.1, 0.15) is 38.7 Å². The van der Waals surface area contributed by atoms with Crippen molar-refractivity contribution >= 4 is 21.6 Å². The predicted octanol–water partition coefficient (Wildman–Crippen LogP) is 2.16. The van der Waals surface area contributed by atoms with Crippen LogP contribution >= 0.6 is 0 Å². The van der Waals surface area contributed by atoms with E-state index in [2.05, 4.69) is 0 Å². The molecule has 6 heteroatoms. The van der Waals surface area contributed by atoms with Crippen LogP contribution in [-0.4, -0.2) is 37.8 Å². The van der Waals surface area contributed by atoms with Crippen molar-refractivity contribution in [2.45, 2.75) is 50.5 Å². The summed E-state index contributed by atoms with van der Waals surface area (Å²) in [6.07, 6.45) is 3.44. The van der Waals surface area contributed by atoms with Crippen LogP contribution in [0.15, 0.2) is 23.1 Å². The fraction of sp³-hybridized carbons (Fsp3) is 0.562. The molecule has 1 unspecified atom stereocenters. The molecule has 2 heterocycles. The molecule has 2 aliphatic heterocycles. The first-order valence-corrected chi connectivity index (χ1v) is 9.32. The van der Waals surface area contributed by atoms with Gasteiger partial charge in [-0.25, -0.2) is 8.42 Å². The van der Waals surface area contributed by atoms with E-state index in [0.29, 0.717) is 18.0 Å². The zero-order valence-electron chi connectivity index (χ0n) is 13.1. The van der Waals surface area contributed by atoms with Crippen molar-refractivity contribution in [3.8, 4) is 0 Å². The van der Waals surface area contributed by atoms with Crippen LogP contribution in [0.2, 0.25) is 0 Å². The van der Waals surface area contributed by atoms with E-state index >= 15 is 0 Å². The molecule has 1 amide bonds. The van der Waals surface area contributed by atoms with E-state index in [1.54, 1.807) is 27.4 Å². The Morgan fingerprint density at radius 2 is 2.09 bits per heavy atom. The van der Waals surface area contributed by atoms with Gasteiger partial charge in [0.05, 0.1) is 4.90 Å². The van der Waals surface area contributed by atoms with Crippen molar-refractivity contribution in [3.63, 3.8) is 0 Å². The topological polar surface area (TPSA) is 57.7 Å². The van der Waals surface area contributed by atoms with E-state index in [1.807, 2.05) is 6.92 Å². The monoisotopic (exact) mass is 322 g/mol. The van der Waals surface area contributed by atoms with Gasteiger partial charge in [-0.05, 0) is 49.4 Å². The highest BCUT2D eigenvalue weighted by Gasteiger charge is 2.35. The summed E-state index contributed by atoms with van der Waals surface area (Å²) in [4.78, 5) is 13.6. The number of sulfonamides is 1. The van der Waals surface area contributed by atoms with Gasteiger partial charge in [0.15, 0.2) is 0 Å². The van der Waals surface area contributed by atoms with Crippen LogP contribution in [0, 0.1) is 0 Å². The molecule has 2 aliphatic rings. The normalized spacial score (nSPS) is 22.1. The van der Waals surface area contributed by atoms with Gasteiger partial charge in [0.2, 0.25) is 15.9 Å². The summed E-state index contributed by atoms with van der Waals surface area (Å²) in [6.45, 7) is 4.81. The Morgan fingerprint density at radius 1 is 1.32 bits per heavy atom. The highest BCUT2D eigenvalue weighted by molar-refractivity contribution is 7.89. The van der Waals surface area contributed by atoms with Gasteiger partial charge >= 0.3 is 0 Å². The Hall–Kier alpha value is -1.40. The summed E-state index contributed by atoms with van der Waals surface area (Å²) in [5.74, 6) is -0.0000490. The zero-order valence-corrected chi connectivity index (χ0v) is 13.9. The number of rotatable bonds is 3. The smallest absolute Gasteiger partial charge is 0.243 e.